The summed E-state index contributed by atoms with van der Waals surface area (Å²) in [6.45, 7) is 1.11. The molecule has 1 saturated heterocycles. The number of carbonyl (C=O) groups excluding carboxylic acids is 1. The fourth-order valence-corrected chi connectivity index (χ4v) is 4.90. The lowest BCUT2D eigenvalue weighted by atomic mass is 10.3. The zero-order valence-corrected chi connectivity index (χ0v) is 15.8. The zero-order chi connectivity index (χ0) is 18.7. The van der Waals surface area contributed by atoms with Gasteiger partial charge in [-0.05, 0) is 24.3 Å². The van der Waals surface area contributed by atoms with E-state index in [4.69, 9.17) is 0 Å². The van der Waals surface area contributed by atoms with E-state index in [9.17, 15) is 17.6 Å². The van der Waals surface area contributed by atoms with Gasteiger partial charge in [-0.25, -0.2) is 17.8 Å². The number of amides is 1. The Morgan fingerprint density at radius 1 is 1.19 bits per heavy atom. The van der Waals surface area contributed by atoms with E-state index < -0.39 is 15.8 Å². The third-order valence-electron chi connectivity index (χ3n) is 4.14. The molecular formula is C16H19FN4O3S2. The number of thioether (sulfide) groups is 1. The molecule has 0 aliphatic carbocycles. The topological polar surface area (TPSA) is 75.5 Å². The van der Waals surface area contributed by atoms with Crippen molar-refractivity contribution in [3.63, 3.8) is 0 Å². The van der Waals surface area contributed by atoms with Crippen LogP contribution in [0.5, 0.6) is 0 Å². The van der Waals surface area contributed by atoms with Crippen molar-refractivity contribution in [3.8, 4) is 0 Å². The van der Waals surface area contributed by atoms with Crippen molar-refractivity contribution in [1.82, 2.24) is 18.8 Å². The highest BCUT2D eigenvalue weighted by molar-refractivity contribution is 7.99. The van der Waals surface area contributed by atoms with Gasteiger partial charge in [0.1, 0.15) is 5.82 Å². The predicted octanol–water partition coefficient (Wildman–Crippen LogP) is 1.18. The highest BCUT2D eigenvalue weighted by Crippen LogP contribution is 2.19. The Morgan fingerprint density at radius 2 is 1.85 bits per heavy atom. The monoisotopic (exact) mass is 398 g/mol. The molecule has 1 aliphatic heterocycles. The fourth-order valence-electron chi connectivity index (χ4n) is 2.64. The molecule has 0 N–H and O–H groups in total. The summed E-state index contributed by atoms with van der Waals surface area (Å²) < 4.78 is 41.3. The average Bonchev–Trinajstić information content (AvgIpc) is 3.05. The molecule has 26 heavy (non-hydrogen) atoms. The van der Waals surface area contributed by atoms with E-state index in [-0.39, 0.29) is 29.6 Å². The number of hydrogen-bond acceptors (Lipinski definition) is 5. The van der Waals surface area contributed by atoms with Crippen molar-refractivity contribution in [2.75, 3.05) is 31.9 Å². The SMILES string of the molecule is Cn1ccnc1SCC(=O)N1CCN(S(=O)(=O)c2ccc(F)cc2)CC1. The van der Waals surface area contributed by atoms with E-state index in [0.717, 1.165) is 17.3 Å². The largest absolute Gasteiger partial charge is 0.339 e. The van der Waals surface area contributed by atoms with Gasteiger partial charge in [0.2, 0.25) is 15.9 Å². The Balaban J connectivity index is 1.55. The summed E-state index contributed by atoms with van der Waals surface area (Å²) in [6.07, 6.45) is 3.48. The molecule has 0 saturated carbocycles. The molecule has 1 aromatic carbocycles. The Morgan fingerprint density at radius 3 is 2.42 bits per heavy atom. The number of rotatable bonds is 5. The normalized spacial score (nSPS) is 16.0. The van der Waals surface area contributed by atoms with Crippen molar-refractivity contribution >= 4 is 27.7 Å². The minimum atomic E-state index is -3.67. The summed E-state index contributed by atoms with van der Waals surface area (Å²) in [6, 6.07) is 4.76. The molecule has 1 fully saturated rings. The zero-order valence-electron chi connectivity index (χ0n) is 14.2. The molecule has 0 bridgehead atoms. The standard InChI is InChI=1S/C16H19FN4O3S2/c1-19-7-6-18-16(19)25-12-15(22)20-8-10-21(11-9-20)26(23,24)14-4-2-13(17)3-5-14/h2-7H,8-12H2,1H3. The molecule has 10 heteroatoms. The first-order valence-corrected chi connectivity index (χ1v) is 10.4. The second kappa shape index (κ2) is 7.77. The van der Waals surface area contributed by atoms with Crippen molar-refractivity contribution < 1.29 is 17.6 Å². The van der Waals surface area contributed by atoms with Gasteiger partial charge in [-0.1, -0.05) is 11.8 Å². The van der Waals surface area contributed by atoms with Crippen LogP contribution in [-0.2, 0) is 21.9 Å². The molecule has 7 nitrogen and oxygen atoms in total. The third-order valence-corrected chi connectivity index (χ3v) is 7.10. The molecule has 140 valence electrons. The summed E-state index contributed by atoms with van der Waals surface area (Å²) >= 11 is 1.35. The van der Waals surface area contributed by atoms with Gasteiger partial charge in [0, 0.05) is 45.6 Å². The van der Waals surface area contributed by atoms with Gasteiger partial charge < -0.3 is 9.47 Å². The maximum Gasteiger partial charge on any atom is 0.243 e. The number of aromatic nitrogens is 2. The minimum Gasteiger partial charge on any atom is -0.339 e. The van der Waals surface area contributed by atoms with Gasteiger partial charge >= 0.3 is 0 Å². The van der Waals surface area contributed by atoms with Gasteiger partial charge in [0.25, 0.3) is 0 Å². The molecule has 2 heterocycles. The second-order valence-corrected chi connectivity index (χ2v) is 8.73. The Bertz CT molecular complexity index is 875. The molecular weight excluding hydrogens is 379 g/mol. The lowest BCUT2D eigenvalue weighted by molar-refractivity contribution is -0.129. The Kier molecular flexibility index (Phi) is 5.64. The average molecular weight is 398 g/mol. The smallest absolute Gasteiger partial charge is 0.243 e. The Hall–Kier alpha value is -1.91. The molecule has 0 spiro atoms. The number of imidazole rings is 1. The van der Waals surface area contributed by atoms with Crippen LogP contribution in [0.3, 0.4) is 0 Å². The van der Waals surface area contributed by atoms with Crippen molar-refractivity contribution in [3.05, 3.63) is 42.5 Å². The number of hydrogen-bond donors (Lipinski definition) is 0. The summed E-state index contributed by atoms with van der Waals surface area (Å²) in [5, 5.41) is 0.760. The van der Waals surface area contributed by atoms with E-state index in [1.54, 1.807) is 11.1 Å². The van der Waals surface area contributed by atoms with Crippen LogP contribution in [0.1, 0.15) is 0 Å². The van der Waals surface area contributed by atoms with Crippen LogP contribution in [-0.4, -0.2) is 65.0 Å². The van der Waals surface area contributed by atoms with E-state index >= 15 is 0 Å². The number of carbonyl (C=O) groups is 1. The van der Waals surface area contributed by atoms with E-state index in [1.807, 2.05) is 17.8 Å². The second-order valence-electron chi connectivity index (χ2n) is 5.85. The van der Waals surface area contributed by atoms with Crippen LogP contribution in [0.25, 0.3) is 0 Å². The number of benzene rings is 1. The molecule has 1 aliphatic rings. The molecule has 3 rings (SSSR count). The van der Waals surface area contributed by atoms with Crippen LogP contribution >= 0.6 is 11.8 Å². The number of sulfonamides is 1. The molecule has 0 atom stereocenters. The number of halogens is 1. The first kappa shape index (κ1) is 18.9. The summed E-state index contributed by atoms with van der Waals surface area (Å²) in [4.78, 5) is 18.2. The first-order chi connectivity index (χ1) is 12.4. The van der Waals surface area contributed by atoms with Crippen molar-refractivity contribution in [2.24, 2.45) is 7.05 Å². The molecule has 0 radical (unpaired) electrons. The van der Waals surface area contributed by atoms with Gasteiger partial charge in [-0.3, -0.25) is 4.79 Å². The molecule has 0 unspecified atom stereocenters. The maximum atomic E-state index is 13.0. The number of piperazine rings is 1. The summed E-state index contributed by atoms with van der Waals surface area (Å²) in [5.74, 6) is -0.267. The van der Waals surface area contributed by atoms with Crippen LogP contribution in [0.4, 0.5) is 4.39 Å². The van der Waals surface area contributed by atoms with E-state index in [1.165, 1.54) is 28.2 Å². The molecule has 1 aromatic heterocycles. The Labute approximate surface area is 155 Å². The van der Waals surface area contributed by atoms with E-state index in [2.05, 4.69) is 4.98 Å². The van der Waals surface area contributed by atoms with Gasteiger partial charge in [-0.15, -0.1) is 0 Å². The number of nitrogens with zero attached hydrogens (tertiary/aromatic N) is 4. The molecule has 2 aromatic rings. The van der Waals surface area contributed by atoms with Crippen LogP contribution in [0, 0.1) is 5.82 Å². The van der Waals surface area contributed by atoms with E-state index in [0.29, 0.717) is 13.1 Å². The highest BCUT2D eigenvalue weighted by atomic mass is 32.2. The quantitative estimate of drug-likeness (QED) is 0.707. The van der Waals surface area contributed by atoms with Gasteiger partial charge in [0.15, 0.2) is 5.16 Å². The molecule has 1 amide bonds. The van der Waals surface area contributed by atoms with Crippen LogP contribution in [0.15, 0.2) is 46.7 Å². The highest BCUT2D eigenvalue weighted by Gasteiger charge is 2.30. The minimum absolute atomic E-state index is 0.0446. The predicted molar refractivity (Wildman–Crippen MR) is 95.7 cm³/mol. The van der Waals surface area contributed by atoms with Crippen molar-refractivity contribution in [1.29, 1.82) is 0 Å². The lowest BCUT2D eigenvalue weighted by Gasteiger charge is -2.34. The van der Waals surface area contributed by atoms with Gasteiger partial charge in [-0.2, -0.15) is 4.31 Å². The fraction of sp³-hybridized carbons (Fsp3) is 0.375. The lowest BCUT2D eigenvalue weighted by Crippen LogP contribution is -2.50. The van der Waals surface area contributed by atoms with Crippen LogP contribution < -0.4 is 0 Å². The van der Waals surface area contributed by atoms with Crippen molar-refractivity contribution in [2.45, 2.75) is 10.1 Å². The first-order valence-electron chi connectivity index (χ1n) is 8.01. The summed E-state index contributed by atoms with van der Waals surface area (Å²) in [5.41, 5.74) is 0. The number of aryl methyl sites for hydroxylation is 1. The maximum absolute atomic E-state index is 13.0. The summed E-state index contributed by atoms with van der Waals surface area (Å²) in [7, 11) is -1.81. The van der Waals surface area contributed by atoms with Crippen LogP contribution in [0.2, 0.25) is 0 Å². The van der Waals surface area contributed by atoms with Gasteiger partial charge in [0.05, 0.1) is 10.6 Å². The third kappa shape index (κ3) is 4.08.